The van der Waals surface area contributed by atoms with Crippen LogP contribution in [0.4, 0.5) is 0 Å². The van der Waals surface area contributed by atoms with Gasteiger partial charge in [-0.1, -0.05) is 6.92 Å². The fourth-order valence-electron chi connectivity index (χ4n) is 1.94. The van der Waals surface area contributed by atoms with Crippen LogP contribution in [0.5, 0.6) is 11.5 Å². The summed E-state index contributed by atoms with van der Waals surface area (Å²) in [5.41, 5.74) is 0.569. The summed E-state index contributed by atoms with van der Waals surface area (Å²) < 4.78 is 36.6. The third-order valence-electron chi connectivity index (χ3n) is 3.00. The van der Waals surface area contributed by atoms with Crippen molar-refractivity contribution < 1.29 is 23.0 Å². The molecule has 0 aromatic heterocycles. The van der Waals surface area contributed by atoms with E-state index in [2.05, 4.69) is 0 Å². The SMILES string of the molecule is CCN(CCO)S(=O)(=O)c1cc(OC)c(OC)cc1C. The second-order valence-electron chi connectivity index (χ2n) is 4.19. The van der Waals surface area contributed by atoms with Crippen LogP contribution in [-0.4, -0.2) is 51.7 Å². The lowest BCUT2D eigenvalue weighted by Crippen LogP contribution is -2.33. The average molecular weight is 303 g/mol. The molecule has 0 fully saturated rings. The van der Waals surface area contributed by atoms with Gasteiger partial charge in [-0.3, -0.25) is 0 Å². The molecule has 0 bridgehead atoms. The number of likely N-dealkylation sites (N-methyl/N-ethyl adjacent to an activating group) is 1. The van der Waals surface area contributed by atoms with E-state index in [1.54, 1.807) is 19.9 Å². The number of nitrogens with zero attached hydrogens (tertiary/aromatic N) is 1. The highest BCUT2D eigenvalue weighted by atomic mass is 32.2. The van der Waals surface area contributed by atoms with E-state index in [1.165, 1.54) is 24.6 Å². The second kappa shape index (κ2) is 6.92. The Bertz CT molecular complexity index is 556. The van der Waals surface area contributed by atoms with Crippen molar-refractivity contribution in [1.29, 1.82) is 0 Å². The zero-order chi connectivity index (χ0) is 15.3. The van der Waals surface area contributed by atoms with Gasteiger partial charge >= 0.3 is 0 Å². The van der Waals surface area contributed by atoms with Crippen LogP contribution in [0.3, 0.4) is 0 Å². The zero-order valence-electron chi connectivity index (χ0n) is 12.2. The topological polar surface area (TPSA) is 76.1 Å². The fourth-order valence-corrected chi connectivity index (χ4v) is 3.60. The number of hydrogen-bond donors (Lipinski definition) is 1. The van der Waals surface area contributed by atoms with E-state index in [4.69, 9.17) is 14.6 Å². The number of rotatable bonds is 7. The molecule has 20 heavy (non-hydrogen) atoms. The van der Waals surface area contributed by atoms with Crippen molar-refractivity contribution in [1.82, 2.24) is 4.31 Å². The van der Waals surface area contributed by atoms with E-state index in [0.29, 0.717) is 17.1 Å². The van der Waals surface area contributed by atoms with Crippen LogP contribution >= 0.6 is 0 Å². The maximum absolute atomic E-state index is 12.6. The number of aliphatic hydroxyl groups excluding tert-OH is 1. The van der Waals surface area contributed by atoms with Crippen molar-refractivity contribution in [2.45, 2.75) is 18.7 Å². The lowest BCUT2D eigenvalue weighted by molar-refractivity contribution is 0.257. The first-order valence-corrected chi connectivity index (χ1v) is 7.70. The molecule has 0 aliphatic rings. The summed E-state index contributed by atoms with van der Waals surface area (Å²) in [6.45, 7) is 3.55. The van der Waals surface area contributed by atoms with Gasteiger partial charge < -0.3 is 14.6 Å². The Kier molecular flexibility index (Phi) is 5.79. The van der Waals surface area contributed by atoms with Crippen molar-refractivity contribution in [2.75, 3.05) is 33.9 Å². The summed E-state index contributed by atoms with van der Waals surface area (Å²) in [7, 11) is -0.715. The van der Waals surface area contributed by atoms with Gasteiger partial charge in [-0.05, 0) is 18.6 Å². The molecule has 0 saturated heterocycles. The normalized spacial score (nSPS) is 11.7. The molecular weight excluding hydrogens is 282 g/mol. The molecule has 1 N–H and O–H groups in total. The number of sulfonamides is 1. The first kappa shape index (κ1) is 16.7. The quantitative estimate of drug-likeness (QED) is 0.814. The lowest BCUT2D eigenvalue weighted by Gasteiger charge is -2.21. The standard InChI is InChI=1S/C13H21NO5S/c1-5-14(6-7-15)20(16,17)13-9-12(19-4)11(18-3)8-10(13)2/h8-9,15H,5-7H2,1-4H3. The molecule has 0 spiro atoms. The molecule has 1 aromatic rings. The van der Waals surface area contributed by atoms with Gasteiger partial charge in [0, 0.05) is 19.2 Å². The Morgan fingerprint density at radius 1 is 1.20 bits per heavy atom. The van der Waals surface area contributed by atoms with Crippen molar-refractivity contribution in [3.63, 3.8) is 0 Å². The van der Waals surface area contributed by atoms with Gasteiger partial charge in [0.25, 0.3) is 0 Å². The summed E-state index contributed by atoms with van der Waals surface area (Å²) in [5, 5.41) is 8.98. The van der Waals surface area contributed by atoms with E-state index < -0.39 is 10.0 Å². The van der Waals surface area contributed by atoms with E-state index in [1.807, 2.05) is 0 Å². The number of benzene rings is 1. The first-order chi connectivity index (χ1) is 9.42. The largest absolute Gasteiger partial charge is 0.493 e. The molecule has 7 heteroatoms. The van der Waals surface area contributed by atoms with Gasteiger partial charge in [-0.15, -0.1) is 0 Å². The Morgan fingerprint density at radius 2 is 1.75 bits per heavy atom. The van der Waals surface area contributed by atoms with Gasteiger partial charge in [0.05, 0.1) is 25.7 Å². The van der Waals surface area contributed by atoms with Crippen LogP contribution < -0.4 is 9.47 Å². The highest BCUT2D eigenvalue weighted by Crippen LogP contribution is 2.33. The molecule has 0 saturated carbocycles. The van der Waals surface area contributed by atoms with E-state index in [9.17, 15) is 8.42 Å². The van der Waals surface area contributed by atoms with Crippen LogP contribution in [0.25, 0.3) is 0 Å². The minimum absolute atomic E-state index is 0.0621. The lowest BCUT2D eigenvalue weighted by atomic mass is 10.2. The molecule has 0 heterocycles. The maximum atomic E-state index is 12.6. The fraction of sp³-hybridized carbons (Fsp3) is 0.538. The van der Waals surface area contributed by atoms with Gasteiger partial charge in [0.1, 0.15) is 0 Å². The number of aliphatic hydroxyl groups is 1. The summed E-state index contributed by atoms with van der Waals surface area (Å²) in [4.78, 5) is 0.158. The number of methoxy groups -OCH3 is 2. The molecule has 0 unspecified atom stereocenters. The molecule has 0 aliphatic heterocycles. The van der Waals surface area contributed by atoms with E-state index >= 15 is 0 Å². The van der Waals surface area contributed by atoms with Gasteiger partial charge in [0.2, 0.25) is 10.0 Å². The molecule has 0 radical (unpaired) electrons. The predicted molar refractivity (Wildman–Crippen MR) is 75.8 cm³/mol. The highest BCUT2D eigenvalue weighted by molar-refractivity contribution is 7.89. The molecule has 0 atom stereocenters. The monoisotopic (exact) mass is 303 g/mol. The molecule has 1 aromatic carbocycles. The zero-order valence-corrected chi connectivity index (χ0v) is 13.0. The van der Waals surface area contributed by atoms with Crippen LogP contribution in [0, 0.1) is 6.92 Å². The van der Waals surface area contributed by atoms with Crippen LogP contribution in [-0.2, 0) is 10.0 Å². The first-order valence-electron chi connectivity index (χ1n) is 6.26. The van der Waals surface area contributed by atoms with Crippen molar-refractivity contribution >= 4 is 10.0 Å². The van der Waals surface area contributed by atoms with Gasteiger partial charge in [0.15, 0.2) is 11.5 Å². The van der Waals surface area contributed by atoms with Crippen LogP contribution in [0.15, 0.2) is 17.0 Å². The Hall–Kier alpha value is -1.31. The number of aryl methyl sites for hydroxylation is 1. The van der Waals surface area contributed by atoms with Gasteiger partial charge in [-0.2, -0.15) is 4.31 Å². The number of ether oxygens (including phenoxy) is 2. The molecule has 0 aliphatic carbocycles. The molecule has 6 nitrogen and oxygen atoms in total. The van der Waals surface area contributed by atoms with Crippen molar-refractivity contribution in [3.05, 3.63) is 17.7 Å². The third-order valence-corrected chi connectivity index (χ3v) is 5.12. The molecule has 1 rings (SSSR count). The Morgan fingerprint density at radius 3 is 2.20 bits per heavy atom. The van der Waals surface area contributed by atoms with E-state index in [0.717, 1.165) is 0 Å². The minimum atomic E-state index is -3.66. The molecule has 0 amide bonds. The van der Waals surface area contributed by atoms with Crippen molar-refractivity contribution in [3.8, 4) is 11.5 Å². The average Bonchev–Trinajstić information content (AvgIpc) is 2.43. The Labute approximate surface area is 120 Å². The summed E-state index contributed by atoms with van der Waals surface area (Å²) in [5.74, 6) is 0.839. The van der Waals surface area contributed by atoms with Crippen LogP contribution in [0.2, 0.25) is 0 Å². The Balaban J connectivity index is 3.38. The van der Waals surface area contributed by atoms with Gasteiger partial charge in [-0.25, -0.2) is 8.42 Å². The molecular formula is C13H21NO5S. The predicted octanol–water partition coefficient (Wildman–Crippen LogP) is 1.02. The molecule has 114 valence electrons. The third kappa shape index (κ3) is 3.23. The summed E-state index contributed by atoms with van der Waals surface area (Å²) >= 11 is 0. The second-order valence-corrected chi connectivity index (χ2v) is 6.10. The number of hydrogen-bond acceptors (Lipinski definition) is 5. The summed E-state index contributed by atoms with van der Waals surface area (Å²) in [6.07, 6.45) is 0. The smallest absolute Gasteiger partial charge is 0.243 e. The minimum Gasteiger partial charge on any atom is -0.493 e. The maximum Gasteiger partial charge on any atom is 0.243 e. The van der Waals surface area contributed by atoms with Crippen LogP contribution in [0.1, 0.15) is 12.5 Å². The van der Waals surface area contributed by atoms with E-state index in [-0.39, 0.29) is 24.6 Å². The highest BCUT2D eigenvalue weighted by Gasteiger charge is 2.26. The van der Waals surface area contributed by atoms with Crippen molar-refractivity contribution in [2.24, 2.45) is 0 Å². The summed E-state index contributed by atoms with van der Waals surface area (Å²) in [6, 6.07) is 3.07.